The number of Topliss-reactive ketones (excluding diaryl/α,β-unsaturated/α-hetero) is 1. The fourth-order valence-corrected chi connectivity index (χ4v) is 1.58. The van der Waals surface area contributed by atoms with E-state index in [1.165, 1.54) is 0 Å². The van der Waals surface area contributed by atoms with E-state index in [2.05, 4.69) is 21.1 Å². The second kappa shape index (κ2) is 5.75. The molecule has 1 unspecified atom stereocenters. The summed E-state index contributed by atoms with van der Waals surface area (Å²) in [6.07, 6.45) is 1.29. The molecule has 1 atom stereocenters. The van der Waals surface area contributed by atoms with Gasteiger partial charge in [-0.3, -0.25) is 4.79 Å². The first kappa shape index (κ1) is 12.0. The van der Waals surface area contributed by atoms with Crippen molar-refractivity contribution < 1.29 is 4.79 Å². The van der Waals surface area contributed by atoms with Gasteiger partial charge in [0, 0.05) is 10.0 Å². The second-order valence-corrected chi connectivity index (χ2v) is 4.20. The van der Waals surface area contributed by atoms with Crippen LogP contribution in [-0.2, 0) is 0 Å². The van der Waals surface area contributed by atoms with E-state index < -0.39 is 6.04 Å². The van der Waals surface area contributed by atoms with E-state index in [1.807, 2.05) is 6.92 Å². The maximum absolute atomic E-state index is 11.8. The Balaban J connectivity index is 2.82. The third-order valence-electron chi connectivity index (χ3n) is 2.12. The highest BCUT2D eigenvalue weighted by atomic mass is 79.9. The molecule has 0 aliphatic carbocycles. The summed E-state index contributed by atoms with van der Waals surface area (Å²) < 4.78 is 0.908. The van der Waals surface area contributed by atoms with E-state index in [0.717, 1.165) is 10.9 Å². The minimum atomic E-state index is -0.740. The van der Waals surface area contributed by atoms with Crippen LogP contribution in [0.2, 0.25) is 0 Å². The molecule has 15 heavy (non-hydrogen) atoms. The molecule has 0 amide bonds. The van der Waals surface area contributed by atoms with Crippen LogP contribution in [0.5, 0.6) is 0 Å². The molecular formula is C11H12BrNO2. The van der Waals surface area contributed by atoms with Gasteiger partial charge in [0.2, 0.25) is 0 Å². The largest absolute Gasteiger partial charge is 0.292 e. The Bertz CT molecular complexity index is 348. The Morgan fingerprint density at radius 1 is 1.40 bits per heavy atom. The van der Waals surface area contributed by atoms with Crippen molar-refractivity contribution >= 4 is 21.7 Å². The van der Waals surface area contributed by atoms with Crippen LogP contribution in [0.4, 0.5) is 0 Å². The van der Waals surface area contributed by atoms with Crippen molar-refractivity contribution in [1.29, 1.82) is 0 Å². The minimum absolute atomic E-state index is 0.195. The molecule has 1 aromatic carbocycles. The lowest BCUT2D eigenvalue weighted by atomic mass is 10.0. The quantitative estimate of drug-likeness (QED) is 0.606. The zero-order chi connectivity index (χ0) is 11.3. The molecule has 1 aromatic rings. The molecule has 0 saturated heterocycles. The average molecular weight is 270 g/mol. The van der Waals surface area contributed by atoms with Crippen molar-refractivity contribution in [3.8, 4) is 0 Å². The normalized spacial score (nSPS) is 12.1. The van der Waals surface area contributed by atoms with E-state index in [0.29, 0.717) is 12.0 Å². The molecule has 4 heteroatoms. The van der Waals surface area contributed by atoms with E-state index in [1.54, 1.807) is 24.3 Å². The molecule has 0 aromatic heterocycles. The lowest BCUT2D eigenvalue weighted by Crippen LogP contribution is -2.17. The van der Waals surface area contributed by atoms with Crippen molar-refractivity contribution in [2.75, 3.05) is 0 Å². The van der Waals surface area contributed by atoms with Gasteiger partial charge in [-0.05, 0) is 18.6 Å². The Hall–Kier alpha value is -1.03. The van der Waals surface area contributed by atoms with Gasteiger partial charge >= 0.3 is 0 Å². The maximum Gasteiger partial charge on any atom is 0.190 e. The van der Waals surface area contributed by atoms with Gasteiger partial charge in [0.05, 0.1) is 0 Å². The first-order valence-electron chi connectivity index (χ1n) is 4.81. The number of benzene rings is 1. The van der Waals surface area contributed by atoms with Gasteiger partial charge in [0.15, 0.2) is 11.8 Å². The Labute approximate surface area is 97.0 Å². The molecular weight excluding hydrogens is 258 g/mol. The van der Waals surface area contributed by atoms with E-state index in [-0.39, 0.29) is 5.78 Å². The van der Waals surface area contributed by atoms with Gasteiger partial charge in [0.1, 0.15) is 0 Å². The zero-order valence-electron chi connectivity index (χ0n) is 8.44. The van der Waals surface area contributed by atoms with Crippen LogP contribution in [0.1, 0.15) is 30.1 Å². The van der Waals surface area contributed by atoms with Gasteiger partial charge in [-0.1, -0.05) is 46.6 Å². The molecule has 80 valence electrons. The molecule has 0 aliphatic rings. The van der Waals surface area contributed by atoms with Crippen LogP contribution in [0.15, 0.2) is 33.9 Å². The summed E-state index contributed by atoms with van der Waals surface area (Å²) in [5.41, 5.74) is 0.538. The third kappa shape index (κ3) is 3.23. The lowest BCUT2D eigenvalue weighted by molar-refractivity contribution is 0.0957. The third-order valence-corrected chi connectivity index (χ3v) is 2.65. The number of nitrogens with zero attached hydrogens (tertiary/aromatic N) is 1. The molecule has 0 radical (unpaired) electrons. The summed E-state index contributed by atoms with van der Waals surface area (Å²) >= 11 is 3.28. The lowest BCUT2D eigenvalue weighted by Gasteiger charge is -2.06. The molecule has 0 saturated carbocycles. The predicted molar refractivity (Wildman–Crippen MR) is 63.0 cm³/mol. The Morgan fingerprint density at radius 2 is 2.00 bits per heavy atom. The number of rotatable bonds is 5. The number of hydrogen-bond acceptors (Lipinski definition) is 3. The fourth-order valence-electron chi connectivity index (χ4n) is 1.31. The molecule has 3 nitrogen and oxygen atoms in total. The highest BCUT2D eigenvalue weighted by Gasteiger charge is 2.19. The average Bonchev–Trinajstić information content (AvgIpc) is 2.26. The summed E-state index contributed by atoms with van der Waals surface area (Å²) in [4.78, 5) is 22.3. The van der Waals surface area contributed by atoms with Crippen LogP contribution in [0.3, 0.4) is 0 Å². The summed E-state index contributed by atoms with van der Waals surface area (Å²) in [5, 5.41) is 2.87. The standard InChI is InChI=1S/C11H12BrNO2/c1-2-3-10(13-15)11(14)8-4-6-9(12)7-5-8/h4-7,10H,2-3H2,1H3. The van der Waals surface area contributed by atoms with E-state index >= 15 is 0 Å². The van der Waals surface area contributed by atoms with Crippen LogP contribution in [0, 0.1) is 4.91 Å². The molecule has 0 aliphatic heterocycles. The minimum Gasteiger partial charge on any atom is -0.292 e. The first-order chi connectivity index (χ1) is 7.19. The van der Waals surface area contributed by atoms with Gasteiger partial charge < -0.3 is 0 Å². The smallest absolute Gasteiger partial charge is 0.190 e. The van der Waals surface area contributed by atoms with Crippen LogP contribution in [0.25, 0.3) is 0 Å². The van der Waals surface area contributed by atoms with Gasteiger partial charge in [-0.15, -0.1) is 0 Å². The summed E-state index contributed by atoms with van der Waals surface area (Å²) in [6, 6.07) is 6.21. The highest BCUT2D eigenvalue weighted by molar-refractivity contribution is 9.10. The van der Waals surface area contributed by atoms with E-state index in [4.69, 9.17) is 0 Å². The second-order valence-electron chi connectivity index (χ2n) is 3.28. The fraction of sp³-hybridized carbons (Fsp3) is 0.364. The SMILES string of the molecule is CCCC(N=O)C(=O)c1ccc(Br)cc1. The van der Waals surface area contributed by atoms with Crippen molar-refractivity contribution in [3.63, 3.8) is 0 Å². The van der Waals surface area contributed by atoms with Crippen molar-refractivity contribution in [3.05, 3.63) is 39.2 Å². The number of ketones is 1. The number of nitroso groups, excluding NO2 is 1. The first-order valence-corrected chi connectivity index (χ1v) is 5.60. The summed E-state index contributed by atoms with van der Waals surface area (Å²) in [6.45, 7) is 1.92. The van der Waals surface area contributed by atoms with Gasteiger partial charge in [-0.2, -0.15) is 4.91 Å². The topological polar surface area (TPSA) is 46.5 Å². The predicted octanol–water partition coefficient (Wildman–Crippen LogP) is 3.57. The van der Waals surface area contributed by atoms with Gasteiger partial charge in [0.25, 0.3) is 0 Å². The molecule has 0 spiro atoms. The molecule has 0 N–H and O–H groups in total. The number of halogens is 1. The highest BCUT2D eigenvalue weighted by Crippen LogP contribution is 2.14. The molecule has 0 heterocycles. The summed E-state index contributed by atoms with van der Waals surface area (Å²) in [5.74, 6) is -0.195. The Kier molecular flexibility index (Phi) is 4.62. The Morgan fingerprint density at radius 3 is 2.47 bits per heavy atom. The van der Waals surface area contributed by atoms with Crippen molar-refractivity contribution in [2.45, 2.75) is 25.8 Å². The summed E-state index contributed by atoms with van der Waals surface area (Å²) in [7, 11) is 0. The number of hydrogen-bond donors (Lipinski definition) is 0. The molecule has 0 fully saturated rings. The van der Waals surface area contributed by atoms with Crippen molar-refractivity contribution in [2.24, 2.45) is 5.18 Å². The maximum atomic E-state index is 11.8. The monoisotopic (exact) mass is 269 g/mol. The number of carbonyl (C=O) groups excluding carboxylic acids is 1. The zero-order valence-corrected chi connectivity index (χ0v) is 10.0. The van der Waals surface area contributed by atoms with Crippen LogP contribution >= 0.6 is 15.9 Å². The van der Waals surface area contributed by atoms with Crippen molar-refractivity contribution in [1.82, 2.24) is 0 Å². The number of carbonyl (C=O) groups is 1. The molecule has 0 bridgehead atoms. The molecule has 1 rings (SSSR count). The van der Waals surface area contributed by atoms with E-state index in [9.17, 15) is 9.70 Å². The van der Waals surface area contributed by atoms with Crippen LogP contribution < -0.4 is 0 Å². The van der Waals surface area contributed by atoms with Gasteiger partial charge in [-0.25, -0.2) is 0 Å². The van der Waals surface area contributed by atoms with Crippen LogP contribution in [-0.4, -0.2) is 11.8 Å².